The van der Waals surface area contributed by atoms with E-state index in [4.69, 9.17) is 0 Å². The predicted octanol–water partition coefficient (Wildman–Crippen LogP) is 1.52. The van der Waals surface area contributed by atoms with Crippen molar-refractivity contribution in [3.63, 3.8) is 0 Å². The summed E-state index contributed by atoms with van der Waals surface area (Å²) in [7, 11) is 3.84. The molecule has 0 fully saturated rings. The van der Waals surface area contributed by atoms with Gasteiger partial charge in [0.1, 0.15) is 5.82 Å². The highest BCUT2D eigenvalue weighted by Crippen LogP contribution is 2.11. The maximum absolute atomic E-state index is 4.35. The molecule has 2 aromatic rings. The fourth-order valence-corrected chi connectivity index (χ4v) is 1.24. The lowest BCUT2D eigenvalue weighted by molar-refractivity contribution is 0.492. The van der Waals surface area contributed by atoms with Gasteiger partial charge in [0.15, 0.2) is 5.65 Å². The third-order valence-electron chi connectivity index (χ3n) is 1.80. The zero-order chi connectivity index (χ0) is 9.97. The molecule has 1 N–H and O–H groups in total. The van der Waals surface area contributed by atoms with E-state index >= 15 is 0 Å². The SMILES string of the molecule is CN(C)Nc1ccc2cccnc2n1. The van der Waals surface area contributed by atoms with Crippen LogP contribution >= 0.6 is 0 Å². The van der Waals surface area contributed by atoms with Crippen LogP contribution in [0.3, 0.4) is 0 Å². The highest BCUT2D eigenvalue weighted by atomic mass is 15.5. The molecule has 0 amide bonds. The van der Waals surface area contributed by atoms with E-state index in [1.807, 2.05) is 43.4 Å². The van der Waals surface area contributed by atoms with Crippen molar-refractivity contribution in [2.24, 2.45) is 0 Å². The second kappa shape index (κ2) is 3.59. The molecule has 0 aliphatic rings. The third kappa shape index (κ3) is 1.80. The molecule has 0 saturated carbocycles. The quantitative estimate of drug-likeness (QED) is 0.725. The second-order valence-corrected chi connectivity index (χ2v) is 3.25. The fourth-order valence-electron chi connectivity index (χ4n) is 1.24. The molecular weight excluding hydrogens is 176 g/mol. The van der Waals surface area contributed by atoms with Crippen molar-refractivity contribution in [1.82, 2.24) is 15.0 Å². The van der Waals surface area contributed by atoms with E-state index in [1.165, 1.54) is 0 Å². The van der Waals surface area contributed by atoms with Crippen LogP contribution < -0.4 is 5.43 Å². The number of hydrazine groups is 1. The molecule has 4 heteroatoms. The minimum atomic E-state index is 0.763. The molecule has 0 radical (unpaired) electrons. The molecule has 2 rings (SSSR count). The first-order valence-corrected chi connectivity index (χ1v) is 4.41. The average Bonchev–Trinajstić information content (AvgIpc) is 2.17. The van der Waals surface area contributed by atoms with Gasteiger partial charge in [0.05, 0.1) is 0 Å². The number of fused-ring (bicyclic) bond motifs is 1. The fraction of sp³-hybridized carbons (Fsp3) is 0.200. The number of rotatable bonds is 2. The number of nitrogens with one attached hydrogen (secondary N) is 1. The number of aromatic nitrogens is 2. The van der Waals surface area contributed by atoms with Gasteiger partial charge in [-0.15, -0.1) is 0 Å². The van der Waals surface area contributed by atoms with Gasteiger partial charge in [-0.1, -0.05) is 0 Å². The Morgan fingerprint density at radius 3 is 2.86 bits per heavy atom. The number of hydrogen-bond donors (Lipinski definition) is 1. The lowest BCUT2D eigenvalue weighted by Gasteiger charge is -2.12. The largest absolute Gasteiger partial charge is 0.304 e. The van der Waals surface area contributed by atoms with Gasteiger partial charge in [0, 0.05) is 25.7 Å². The summed E-state index contributed by atoms with van der Waals surface area (Å²) < 4.78 is 0. The smallest absolute Gasteiger partial charge is 0.161 e. The van der Waals surface area contributed by atoms with Gasteiger partial charge in [-0.3, -0.25) is 0 Å². The highest BCUT2D eigenvalue weighted by molar-refractivity contribution is 5.75. The van der Waals surface area contributed by atoms with Gasteiger partial charge >= 0.3 is 0 Å². The molecule has 14 heavy (non-hydrogen) atoms. The van der Waals surface area contributed by atoms with Gasteiger partial charge in [0.25, 0.3) is 0 Å². The summed E-state index contributed by atoms with van der Waals surface area (Å²) in [6, 6.07) is 7.84. The first-order chi connectivity index (χ1) is 6.75. The number of anilines is 1. The minimum absolute atomic E-state index is 0.763. The van der Waals surface area contributed by atoms with Gasteiger partial charge in [0.2, 0.25) is 0 Å². The van der Waals surface area contributed by atoms with Crippen LogP contribution in [-0.2, 0) is 0 Å². The molecule has 0 saturated heterocycles. The van der Waals surface area contributed by atoms with Crippen molar-refractivity contribution in [3.05, 3.63) is 30.5 Å². The topological polar surface area (TPSA) is 41.0 Å². The Morgan fingerprint density at radius 1 is 1.21 bits per heavy atom. The van der Waals surface area contributed by atoms with E-state index in [2.05, 4.69) is 15.4 Å². The van der Waals surface area contributed by atoms with Crippen LogP contribution in [0.15, 0.2) is 30.5 Å². The average molecular weight is 188 g/mol. The first-order valence-electron chi connectivity index (χ1n) is 4.41. The lowest BCUT2D eigenvalue weighted by Crippen LogP contribution is -2.20. The molecule has 0 bridgehead atoms. The van der Waals surface area contributed by atoms with E-state index in [9.17, 15) is 0 Å². The molecule has 2 heterocycles. The van der Waals surface area contributed by atoms with Gasteiger partial charge < -0.3 is 5.43 Å². The van der Waals surface area contributed by atoms with Crippen molar-refractivity contribution >= 4 is 16.9 Å². The van der Waals surface area contributed by atoms with E-state index in [-0.39, 0.29) is 0 Å². The number of nitrogens with zero attached hydrogens (tertiary/aromatic N) is 3. The van der Waals surface area contributed by atoms with Crippen molar-refractivity contribution in [2.75, 3.05) is 19.5 Å². The molecule has 0 aliphatic carbocycles. The Labute approximate surface area is 82.6 Å². The molecular formula is C10H12N4. The van der Waals surface area contributed by atoms with Crippen molar-refractivity contribution in [3.8, 4) is 0 Å². The van der Waals surface area contributed by atoms with Gasteiger partial charge in [-0.05, 0) is 24.3 Å². The molecule has 72 valence electrons. The Balaban J connectivity index is 2.41. The maximum atomic E-state index is 4.35. The Bertz CT molecular complexity index is 439. The second-order valence-electron chi connectivity index (χ2n) is 3.25. The van der Waals surface area contributed by atoms with Crippen molar-refractivity contribution in [2.45, 2.75) is 0 Å². The van der Waals surface area contributed by atoms with Crippen LogP contribution in [0.4, 0.5) is 5.82 Å². The standard InChI is InChI=1S/C10H12N4/c1-14(2)13-9-6-5-8-4-3-7-11-10(8)12-9/h3-7H,1-2H3,(H,11,12,13). The number of pyridine rings is 2. The van der Waals surface area contributed by atoms with E-state index in [1.54, 1.807) is 6.20 Å². The Morgan fingerprint density at radius 2 is 2.07 bits per heavy atom. The van der Waals surface area contributed by atoms with Crippen molar-refractivity contribution < 1.29 is 0 Å². The lowest BCUT2D eigenvalue weighted by atomic mass is 10.3. The van der Waals surface area contributed by atoms with Crippen LogP contribution in [0.1, 0.15) is 0 Å². The molecule has 0 spiro atoms. The molecule has 0 aliphatic heterocycles. The Kier molecular flexibility index (Phi) is 2.28. The number of hydrogen-bond acceptors (Lipinski definition) is 4. The zero-order valence-electron chi connectivity index (χ0n) is 8.23. The summed E-state index contributed by atoms with van der Waals surface area (Å²) in [5, 5.41) is 2.90. The van der Waals surface area contributed by atoms with Gasteiger partial charge in [-0.2, -0.15) is 0 Å². The highest BCUT2D eigenvalue weighted by Gasteiger charge is 1.98. The molecule has 0 unspecified atom stereocenters. The maximum Gasteiger partial charge on any atom is 0.161 e. The summed E-state index contributed by atoms with van der Waals surface area (Å²) in [6.45, 7) is 0. The van der Waals surface area contributed by atoms with Crippen LogP contribution in [0.25, 0.3) is 11.0 Å². The van der Waals surface area contributed by atoms with Crippen LogP contribution in [0.2, 0.25) is 0 Å². The summed E-state index contributed by atoms with van der Waals surface area (Å²) in [5.74, 6) is 0.807. The molecule has 4 nitrogen and oxygen atoms in total. The Hall–Kier alpha value is -1.68. The zero-order valence-corrected chi connectivity index (χ0v) is 8.23. The van der Waals surface area contributed by atoms with E-state index in [0.29, 0.717) is 0 Å². The normalized spacial score (nSPS) is 10.8. The van der Waals surface area contributed by atoms with Crippen molar-refractivity contribution in [1.29, 1.82) is 0 Å². The van der Waals surface area contributed by atoms with Crippen LogP contribution in [0, 0.1) is 0 Å². The van der Waals surface area contributed by atoms with E-state index in [0.717, 1.165) is 16.9 Å². The van der Waals surface area contributed by atoms with Crippen LogP contribution in [0.5, 0.6) is 0 Å². The summed E-state index contributed by atoms with van der Waals surface area (Å²) in [5.41, 5.74) is 3.84. The summed E-state index contributed by atoms with van der Waals surface area (Å²) in [6.07, 6.45) is 1.74. The predicted molar refractivity (Wildman–Crippen MR) is 56.8 cm³/mol. The third-order valence-corrected chi connectivity index (χ3v) is 1.80. The molecule has 2 aromatic heterocycles. The first kappa shape index (κ1) is 8.90. The molecule has 0 atom stereocenters. The summed E-state index contributed by atoms with van der Waals surface area (Å²) >= 11 is 0. The van der Waals surface area contributed by atoms with Gasteiger partial charge in [-0.25, -0.2) is 15.0 Å². The minimum Gasteiger partial charge on any atom is -0.304 e. The van der Waals surface area contributed by atoms with Crippen LogP contribution in [-0.4, -0.2) is 29.1 Å². The summed E-state index contributed by atoms with van der Waals surface area (Å²) in [4.78, 5) is 8.53. The van der Waals surface area contributed by atoms with E-state index < -0.39 is 0 Å². The monoisotopic (exact) mass is 188 g/mol. The molecule has 0 aromatic carbocycles.